The van der Waals surface area contributed by atoms with Crippen LogP contribution in [0.4, 0.5) is 4.79 Å². The van der Waals surface area contributed by atoms with E-state index in [9.17, 15) is 18.3 Å². The number of hydrogen-bond donors (Lipinski definition) is 2. The number of carbonyl (C=O) groups excluding carboxylic acids is 1. The SMILES string of the molecule is CCC(CO)(CCCS(C)(=O)=O)CNC(=O)OC(C)(C)C. The summed E-state index contributed by atoms with van der Waals surface area (Å²) >= 11 is 0. The minimum Gasteiger partial charge on any atom is -0.444 e. The first-order valence-electron chi connectivity index (χ1n) is 7.18. The van der Waals surface area contributed by atoms with Gasteiger partial charge in [-0.05, 0) is 40.0 Å². The Morgan fingerprint density at radius 2 is 1.86 bits per heavy atom. The number of aliphatic hydroxyl groups excluding tert-OH is 1. The molecule has 0 radical (unpaired) electrons. The molecule has 1 amide bonds. The molecule has 21 heavy (non-hydrogen) atoms. The molecular weight excluding hydrogens is 294 g/mol. The Bertz CT molecular complexity index is 421. The smallest absolute Gasteiger partial charge is 0.407 e. The highest BCUT2D eigenvalue weighted by Crippen LogP contribution is 2.27. The van der Waals surface area contributed by atoms with Crippen molar-refractivity contribution in [2.75, 3.05) is 25.2 Å². The Kier molecular flexibility index (Phi) is 7.67. The highest BCUT2D eigenvalue weighted by molar-refractivity contribution is 7.90. The molecule has 0 rings (SSSR count). The standard InChI is InChI=1S/C14H29NO5S/c1-6-14(11-16,8-7-9-21(5,18)19)10-15-12(17)20-13(2,3)4/h16H,6-11H2,1-5H3,(H,15,17). The molecular formula is C14H29NO5S. The Morgan fingerprint density at radius 3 is 2.24 bits per heavy atom. The van der Waals surface area contributed by atoms with Crippen LogP contribution in [0.25, 0.3) is 0 Å². The van der Waals surface area contributed by atoms with E-state index in [0.29, 0.717) is 19.3 Å². The van der Waals surface area contributed by atoms with E-state index in [1.165, 1.54) is 6.26 Å². The highest BCUT2D eigenvalue weighted by Gasteiger charge is 2.29. The summed E-state index contributed by atoms with van der Waals surface area (Å²) in [5, 5.41) is 12.3. The van der Waals surface area contributed by atoms with Gasteiger partial charge in [0.25, 0.3) is 0 Å². The van der Waals surface area contributed by atoms with Gasteiger partial charge in [-0.25, -0.2) is 13.2 Å². The predicted molar refractivity (Wildman–Crippen MR) is 83.0 cm³/mol. The van der Waals surface area contributed by atoms with Crippen LogP contribution in [0, 0.1) is 5.41 Å². The second-order valence-corrected chi connectivity index (χ2v) is 8.86. The lowest BCUT2D eigenvalue weighted by Crippen LogP contribution is -2.42. The molecule has 0 spiro atoms. The molecule has 6 nitrogen and oxygen atoms in total. The molecule has 0 saturated heterocycles. The van der Waals surface area contributed by atoms with E-state index >= 15 is 0 Å². The van der Waals surface area contributed by atoms with Crippen LogP contribution in [0.5, 0.6) is 0 Å². The summed E-state index contributed by atoms with van der Waals surface area (Å²) in [5.41, 5.74) is -1.09. The van der Waals surface area contributed by atoms with Crippen LogP contribution in [-0.2, 0) is 14.6 Å². The maximum absolute atomic E-state index is 11.7. The van der Waals surface area contributed by atoms with Gasteiger partial charge in [0.15, 0.2) is 0 Å². The number of sulfone groups is 1. The van der Waals surface area contributed by atoms with Gasteiger partial charge in [-0.3, -0.25) is 0 Å². The fourth-order valence-corrected chi connectivity index (χ4v) is 2.59. The van der Waals surface area contributed by atoms with Crippen molar-refractivity contribution < 1.29 is 23.1 Å². The quantitative estimate of drug-likeness (QED) is 0.709. The fourth-order valence-electron chi connectivity index (χ4n) is 1.92. The average molecular weight is 323 g/mol. The van der Waals surface area contributed by atoms with Gasteiger partial charge in [0.1, 0.15) is 15.4 Å². The summed E-state index contributed by atoms with van der Waals surface area (Å²) < 4.78 is 27.5. The zero-order valence-electron chi connectivity index (χ0n) is 13.7. The summed E-state index contributed by atoms with van der Waals surface area (Å²) in [7, 11) is -3.01. The summed E-state index contributed by atoms with van der Waals surface area (Å²) in [4.78, 5) is 11.7. The van der Waals surface area contributed by atoms with Gasteiger partial charge in [-0.15, -0.1) is 0 Å². The molecule has 0 heterocycles. The molecule has 0 aliphatic carbocycles. The van der Waals surface area contributed by atoms with Crippen molar-refractivity contribution in [3.05, 3.63) is 0 Å². The number of nitrogens with one attached hydrogen (secondary N) is 1. The molecule has 1 unspecified atom stereocenters. The van der Waals surface area contributed by atoms with E-state index in [1.54, 1.807) is 20.8 Å². The van der Waals surface area contributed by atoms with Gasteiger partial charge >= 0.3 is 6.09 Å². The maximum atomic E-state index is 11.7. The fraction of sp³-hybridized carbons (Fsp3) is 0.929. The second kappa shape index (κ2) is 7.98. The van der Waals surface area contributed by atoms with Crippen LogP contribution < -0.4 is 5.32 Å². The van der Waals surface area contributed by atoms with Crippen LogP contribution >= 0.6 is 0 Å². The van der Waals surface area contributed by atoms with Crippen LogP contribution in [0.1, 0.15) is 47.0 Å². The summed E-state index contributed by atoms with van der Waals surface area (Å²) in [6, 6.07) is 0. The zero-order chi connectivity index (χ0) is 16.7. The molecule has 0 aliphatic heterocycles. The van der Waals surface area contributed by atoms with Gasteiger partial charge in [0, 0.05) is 24.0 Å². The van der Waals surface area contributed by atoms with Gasteiger partial charge in [0.05, 0.1) is 6.61 Å². The normalized spacial score (nSPS) is 15.3. The Hall–Kier alpha value is -0.820. The number of alkyl carbamates (subject to hydrolysis) is 1. The lowest BCUT2D eigenvalue weighted by molar-refractivity contribution is 0.0451. The molecule has 0 saturated carbocycles. The third-order valence-electron chi connectivity index (χ3n) is 3.31. The van der Waals surface area contributed by atoms with Gasteiger partial charge < -0.3 is 15.2 Å². The summed E-state index contributed by atoms with van der Waals surface area (Å²) in [5.74, 6) is 0.0845. The summed E-state index contributed by atoms with van der Waals surface area (Å²) in [6.45, 7) is 7.39. The molecule has 126 valence electrons. The predicted octanol–water partition coefficient (Wildman–Crippen LogP) is 1.72. The Labute approximate surface area is 128 Å². The first-order valence-corrected chi connectivity index (χ1v) is 9.24. The van der Waals surface area contributed by atoms with Crippen molar-refractivity contribution in [1.29, 1.82) is 0 Å². The monoisotopic (exact) mass is 323 g/mol. The first-order chi connectivity index (χ1) is 9.43. The third-order valence-corrected chi connectivity index (χ3v) is 4.34. The lowest BCUT2D eigenvalue weighted by Gasteiger charge is -2.31. The van der Waals surface area contributed by atoms with Gasteiger partial charge in [0.2, 0.25) is 0 Å². The molecule has 0 aromatic carbocycles. The molecule has 2 N–H and O–H groups in total. The van der Waals surface area contributed by atoms with Crippen molar-refractivity contribution in [2.24, 2.45) is 5.41 Å². The molecule has 0 fully saturated rings. The number of hydrogen-bond acceptors (Lipinski definition) is 5. The number of rotatable bonds is 8. The van der Waals surface area contributed by atoms with Crippen LogP contribution in [0.3, 0.4) is 0 Å². The molecule has 0 aliphatic rings. The Morgan fingerprint density at radius 1 is 1.29 bits per heavy atom. The second-order valence-electron chi connectivity index (χ2n) is 6.60. The lowest BCUT2D eigenvalue weighted by atomic mass is 9.81. The van der Waals surface area contributed by atoms with Gasteiger partial charge in [-0.1, -0.05) is 6.92 Å². The topological polar surface area (TPSA) is 92.7 Å². The highest BCUT2D eigenvalue weighted by atomic mass is 32.2. The summed E-state index contributed by atoms with van der Waals surface area (Å²) in [6.07, 6.45) is 2.30. The van der Waals surface area contributed by atoms with E-state index in [-0.39, 0.29) is 18.9 Å². The van der Waals surface area contributed by atoms with E-state index in [2.05, 4.69) is 5.32 Å². The van der Waals surface area contributed by atoms with E-state index < -0.39 is 26.9 Å². The number of aliphatic hydroxyl groups is 1. The first kappa shape index (κ1) is 20.2. The maximum Gasteiger partial charge on any atom is 0.407 e. The number of carbonyl (C=O) groups is 1. The van der Waals surface area contributed by atoms with E-state index in [0.717, 1.165) is 0 Å². The van der Waals surface area contributed by atoms with Crippen LogP contribution in [-0.4, -0.2) is 50.4 Å². The van der Waals surface area contributed by atoms with E-state index in [4.69, 9.17) is 4.74 Å². The number of ether oxygens (including phenoxy) is 1. The molecule has 7 heteroatoms. The minimum atomic E-state index is -3.01. The molecule has 1 atom stereocenters. The van der Waals surface area contributed by atoms with Crippen molar-refractivity contribution in [1.82, 2.24) is 5.32 Å². The molecule has 0 aromatic heterocycles. The van der Waals surface area contributed by atoms with E-state index in [1.807, 2.05) is 6.92 Å². The van der Waals surface area contributed by atoms with Gasteiger partial charge in [-0.2, -0.15) is 0 Å². The van der Waals surface area contributed by atoms with Crippen molar-refractivity contribution >= 4 is 15.9 Å². The zero-order valence-corrected chi connectivity index (χ0v) is 14.5. The van der Waals surface area contributed by atoms with Crippen molar-refractivity contribution in [3.8, 4) is 0 Å². The molecule has 0 aromatic rings. The molecule has 0 bridgehead atoms. The third kappa shape index (κ3) is 9.68. The average Bonchev–Trinajstić information content (AvgIpc) is 2.30. The van der Waals surface area contributed by atoms with Crippen LogP contribution in [0.15, 0.2) is 0 Å². The van der Waals surface area contributed by atoms with Crippen molar-refractivity contribution in [2.45, 2.75) is 52.6 Å². The Balaban J connectivity index is 4.49. The largest absolute Gasteiger partial charge is 0.444 e. The minimum absolute atomic E-state index is 0.0845. The van der Waals surface area contributed by atoms with Crippen molar-refractivity contribution in [3.63, 3.8) is 0 Å². The number of amides is 1. The van der Waals surface area contributed by atoms with Crippen LogP contribution in [0.2, 0.25) is 0 Å².